The van der Waals surface area contributed by atoms with Gasteiger partial charge in [0, 0.05) is 15.6 Å². The van der Waals surface area contributed by atoms with Crippen LogP contribution in [0.1, 0.15) is 10.5 Å². The third-order valence-electron chi connectivity index (χ3n) is 2.28. The number of carboxylic acid groups (broad SMARTS) is 1. The molecule has 0 amide bonds. The summed E-state index contributed by atoms with van der Waals surface area (Å²) in [4.78, 5) is 14.9. The maximum Gasteiger partial charge on any atom is 0.354 e. The van der Waals surface area contributed by atoms with Crippen molar-refractivity contribution in [2.75, 3.05) is 5.73 Å². The smallest absolute Gasteiger partial charge is 0.354 e. The summed E-state index contributed by atoms with van der Waals surface area (Å²) in [5.74, 6) is -1.12. The van der Waals surface area contributed by atoms with Crippen molar-refractivity contribution in [1.82, 2.24) is 4.98 Å². The Balaban J connectivity index is 2.62. The second-order valence-electron chi connectivity index (χ2n) is 3.60. The normalized spacial score (nSPS) is 10.3. The molecule has 3 N–H and O–H groups in total. The third kappa shape index (κ3) is 2.55. The molecule has 0 saturated heterocycles. The molecule has 18 heavy (non-hydrogen) atoms. The average Bonchev–Trinajstić information content (AvgIpc) is 2.27. The largest absolute Gasteiger partial charge is 0.477 e. The number of hydrogen-bond donors (Lipinski definition) is 2. The van der Waals surface area contributed by atoms with Crippen LogP contribution in [0.5, 0.6) is 0 Å². The Morgan fingerprint density at radius 1 is 1.17 bits per heavy atom. The van der Waals surface area contributed by atoms with E-state index in [1.165, 1.54) is 12.1 Å². The summed E-state index contributed by atoms with van der Waals surface area (Å²) in [6.07, 6.45) is 0. The summed E-state index contributed by atoms with van der Waals surface area (Å²) in [5, 5.41) is 9.76. The number of aromatic nitrogens is 1. The van der Waals surface area contributed by atoms with E-state index >= 15 is 0 Å². The Morgan fingerprint density at radius 2 is 1.78 bits per heavy atom. The Labute approximate surface area is 113 Å². The summed E-state index contributed by atoms with van der Waals surface area (Å²) >= 11 is 11.8. The van der Waals surface area contributed by atoms with Crippen molar-refractivity contribution >= 4 is 34.9 Å². The third-order valence-corrected chi connectivity index (χ3v) is 2.72. The second kappa shape index (κ2) is 4.84. The van der Waals surface area contributed by atoms with E-state index in [9.17, 15) is 4.79 Å². The van der Waals surface area contributed by atoms with E-state index < -0.39 is 5.97 Å². The number of rotatable bonds is 2. The number of nitrogens with zero attached hydrogens (tertiary/aromatic N) is 1. The van der Waals surface area contributed by atoms with Crippen molar-refractivity contribution in [3.05, 3.63) is 46.1 Å². The summed E-state index contributed by atoms with van der Waals surface area (Å²) in [6, 6.07) is 7.65. The summed E-state index contributed by atoms with van der Waals surface area (Å²) < 4.78 is 0. The number of nitrogens with two attached hydrogens (primary N) is 1. The molecule has 1 aromatic heterocycles. The van der Waals surface area contributed by atoms with Gasteiger partial charge in [0.2, 0.25) is 0 Å². The number of hydrogen-bond acceptors (Lipinski definition) is 3. The minimum Gasteiger partial charge on any atom is -0.477 e. The second-order valence-corrected chi connectivity index (χ2v) is 4.47. The molecule has 0 radical (unpaired) electrons. The molecule has 2 aromatic rings. The predicted molar refractivity (Wildman–Crippen MR) is 71.1 cm³/mol. The van der Waals surface area contributed by atoms with Crippen LogP contribution in [0.3, 0.4) is 0 Å². The van der Waals surface area contributed by atoms with Crippen molar-refractivity contribution in [3.8, 4) is 11.3 Å². The van der Waals surface area contributed by atoms with Crippen molar-refractivity contribution < 1.29 is 9.90 Å². The highest BCUT2D eigenvalue weighted by molar-refractivity contribution is 6.35. The van der Waals surface area contributed by atoms with E-state index in [4.69, 9.17) is 34.0 Å². The lowest BCUT2D eigenvalue weighted by molar-refractivity contribution is 0.0690. The minimum absolute atomic E-state index is 0.0877. The highest BCUT2D eigenvalue weighted by Gasteiger charge is 2.11. The standard InChI is InChI=1S/C12H8Cl2N2O2/c13-7-3-6(4-8(14)5-7)11-9(15)1-2-10(16-11)12(17)18/h1-5H,15H2,(H,17,18). The van der Waals surface area contributed by atoms with Gasteiger partial charge >= 0.3 is 5.97 Å². The van der Waals surface area contributed by atoms with Crippen LogP contribution in [0.4, 0.5) is 5.69 Å². The minimum atomic E-state index is -1.12. The fraction of sp³-hybridized carbons (Fsp3) is 0. The van der Waals surface area contributed by atoms with Crippen LogP contribution in [0.15, 0.2) is 30.3 Å². The first-order chi connectivity index (χ1) is 8.47. The number of nitrogen functional groups attached to an aromatic ring is 1. The lowest BCUT2D eigenvalue weighted by Crippen LogP contribution is -2.03. The molecule has 4 nitrogen and oxygen atoms in total. The molecule has 0 atom stereocenters. The number of pyridine rings is 1. The first-order valence-corrected chi connectivity index (χ1v) is 5.69. The molecule has 2 rings (SSSR count). The van der Waals surface area contributed by atoms with Gasteiger partial charge in [-0.2, -0.15) is 0 Å². The van der Waals surface area contributed by atoms with Crippen molar-refractivity contribution in [2.24, 2.45) is 0 Å². The van der Waals surface area contributed by atoms with Crippen LogP contribution < -0.4 is 5.73 Å². The number of anilines is 1. The molecule has 0 unspecified atom stereocenters. The van der Waals surface area contributed by atoms with Gasteiger partial charge in [0.1, 0.15) is 5.69 Å². The Bertz CT molecular complexity index is 609. The maximum absolute atomic E-state index is 10.9. The topological polar surface area (TPSA) is 76.2 Å². The molecule has 0 aliphatic rings. The van der Waals surface area contributed by atoms with Gasteiger partial charge in [-0.3, -0.25) is 0 Å². The molecule has 92 valence electrons. The Morgan fingerprint density at radius 3 is 2.33 bits per heavy atom. The van der Waals surface area contributed by atoms with Gasteiger partial charge in [-0.1, -0.05) is 23.2 Å². The Hall–Kier alpha value is -1.78. The van der Waals surface area contributed by atoms with E-state index in [1.807, 2.05) is 0 Å². The maximum atomic E-state index is 10.9. The number of halogens is 2. The van der Waals surface area contributed by atoms with Gasteiger partial charge in [-0.25, -0.2) is 9.78 Å². The summed E-state index contributed by atoms with van der Waals surface area (Å²) in [6.45, 7) is 0. The SMILES string of the molecule is Nc1ccc(C(=O)O)nc1-c1cc(Cl)cc(Cl)c1. The Kier molecular flexibility index (Phi) is 3.41. The molecule has 0 bridgehead atoms. The van der Waals surface area contributed by atoms with E-state index in [0.717, 1.165) is 0 Å². The lowest BCUT2D eigenvalue weighted by atomic mass is 10.1. The molecule has 0 aliphatic carbocycles. The molecule has 0 aliphatic heterocycles. The number of benzene rings is 1. The van der Waals surface area contributed by atoms with Gasteiger partial charge in [-0.05, 0) is 30.3 Å². The fourth-order valence-electron chi connectivity index (χ4n) is 1.51. The van der Waals surface area contributed by atoms with Gasteiger partial charge in [0.25, 0.3) is 0 Å². The van der Waals surface area contributed by atoms with E-state index in [0.29, 0.717) is 27.0 Å². The van der Waals surface area contributed by atoms with Crippen LogP contribution in [0.2, 0.25) is 10.0 Å². The molecular formula is C12H8Cl2N2O2. The van der Waals surface area contributed by atoms with Crippen LogP contribution in [0, 0.1) is 0 Å². The number of carbonyl (C=O) groups is 1. The first kappa shape index (κ1) is 12.7. The number of carboxylic acids is 1. The van der Waals surface area contributed by atoms with Gasteiger partial charge in [0.05, 0.1) is 11.4 Å². The number of aromatic carboxylic acids is 1. The van der Waals surface area contributed by atoms with Crippen LogP contribution >= 0.6 is 23.2 Å². The fourth-order valence-corrected chi connectivity index (χ4v) is 2.04. The van der Waals surface area contributed by atoms with Gasteiger partial charge < -0.3 is 10.8 Å². The highest BCUT2D eigenvalue weighted by atomic mass is 35.5. The molecular weight excluding hydrogens is 275 g/mol. The molecule has 0 spiro atoms. The van der Waals surface area contributed by atoms with E-state index in [-0.39, 0.29) is 5.69 Å². The monoisotopic (exact) mass is 282 g/mol. The average molecular weight is 283 g/mol. The zero-order chi connectivity index (χ0) is 13.3. The van der Waals surface area contributed by atoms with Gasteiger partial charge in [0.15, 0.2) is 0 Å². The van der Waals surface area contributed by atoms with E-state index in [2.05, 4.69) is 4.98 Å². The first-order valence-electron chi connectivity index (χ1n) is 4.93. The van der Waals surface area contributed by atoms with Crippen molar-refractivity contribution in [2.45, 2.75) is 0 Å². The summed E-state index contributed by atoms with van der Waals surface area (Å²) in [7, 11) is 0. The zero-order valence-corrected chi connectivity index (χ0v) is 10.5. The summed E-state index contributed by atoms with van der Waals surface area (Å²) in [5.41, 5.74) is 6.98. The quantitative estimate of drug-likeness (QED) is 0.886. The van der Waals surface area contributed by atoms with Gasteiger partial charge in [-0.15, -0.1) is 0 Å². The van der Waals surface area contributed by atoms with Crippen LogP contribution in [-0.4, -0.2) is 16.1 Å². The zero-order valence-electron chi connectivity index (χ0n) is 9.02. The molecule has 1 aromatic carbocycles. The molecule has 0 fully saturated rings. The predicted octanol–water partition coefficient (Wildman–Crippen LogP) is 3.34. The molecule has 1 heterocycles. The van der Waals surface area contributed by atoms with Crippen LogP contribution in [0.25, 0.3) is 11.3 Å². The van der Waals surface area contributed by atoms with Crippen molar-refractivity contribution in [3.63, 3.8) is 0 Å². The highest BCUT2D eigenvalue weighted by Crippen LogP contribution is 2.29. The lowest BCUT2D eigenvalue weighted by Gasteiger charge is -2.07. The molecule has 0 saturated carbocycles. The van der Waals surface area contributed by atoms with E-state index in [1.54, 1.807) is 18.2 Å². The van der Waals surface area contributed by atoms with Crippen LogP contribution in [-0.2, 0) is 0 Å². The van der Waals surface area contributed by atoms with Crippen molar-refractivity contribution in [1.29, 1.82) is 0 Å². The molecule has 6 heteroatoms.